The van der Waals surface area contributed by atoms with Gasteiger partial charge in [-0.2, -0.15) is 4.37 Å². The Hall–Kier alpha value is -3.06. The Balaban J connectivity index is 1.93. The van der Waals surface area contributed by atoms with E-state index >= 15 is 0 Å². The summed E-state index contributed by atoms with van der Waals surface area (Å²) in [6.07, 6.45) is 1.65. The van der Waals surface area contributed by atoms with Crippen molar-refractivity contribution in [1.82, 2.24) is 18.9 Å². The highest BCUT2D eigenvalue weighted by atomic mass is 32.1. The predicted octanol–water partition coefficient (Wildman–Crippen LogP) is 2.82. The fraction of sp³-hybridized carbons (Fsp3) is 0.111. The van der Waals surface area contributed by atoms with Crippen molar-refractivity contribution >= 4 is 21.7 Å². The lowest BCUT2D eigenvalue weighted by molar-refractivity contribution is 0.586. The summed E-state index contributed by atoms with van der Waals surface area (Å²) in [5.41, 5.74) is 1.69. The summed E-state index contributed by atoms with van der Waals surface area (Å²) < 4.78 is 5.99. The van der Waals surface area contributed by atoms with Crippen LogP contribution in [0, 0.1) is 0 Å². The quantitative estimate of drug-likeness (QED) is 0.616. The Bertz CT molecular complexity index is 1150. The van der Waals surface area contributed by atoms with E-state index in [1.807, 2.05) is 43.3 Å². The maximum atomic E-state index is 12.9. The molecule has 6 nitrogen and oxygen atoms in total. The number of nitrogens with one attached hydrogen (secondary N) is 1. The number of H-pyrrole nitrogens is 1. The molecule has 4 rings (SSSR count). The zero-order chi connectivity index (χ0) is 17.4. The highest BCUT2D eigenvalue weighted by molar-refractivity contribution is 7.13. The van der Waals surface area contributed by atoms with Crippen LogP contribution in [0.25, 0.3) is 21.6 Å². The number of nitrogens with zero attached hydrogens (tertiary/aromatic N) is 3. The number of fused-ring (bicyclic) bond motifs is 1. The second-order valence-corrected chi connectivity index (χ2v) is 6.42. The summed E-state index contributed by atoms with van der Waals surface area (Å²) >= 11 is 1.08. The fourth-order valence-electron chi connectivity index (χ4n) is 2.83. The molecule has 1 atom stereocenters. The molecule has 0 bridgehead atoms. The van der Waals surface area contributed by atoms with Crippen molar-refractivity contribution in [3.63, 3.8) is 0 Å². The van der Waals surface area contributed by atoms with Gasteiger partial charge in [-0.3, -0.25) is 14.3 Å². The molecule has 0 radical (unpaired) electrons. The smallest absolute Gasteiger partial charge is 0.304 e. The molecule has 25 heavy (non-hydrogen) atoms. The Morgan fingerprint density at radius 3 is 2.56 bits per heavy atom. The van der Waals surface area contributed by atoms with Crippen molar-refractivity contribution in [2.45, 2.75) is 13.0 Å². The zero-order valence-electron chi connectivity index (χ0n) is 13.3. The zero-order valence-corrected chi connectivity index (χ0v) is 14.2. The number of aromatic amines is 1. The first kappa shape index (κ1) is 15.5. The molecule has 0 spiro atoms. The summed E-state index contributed by atoms with van der Waals surface area (Å²) in [7, 11) is 0. The van der Waals surface area contributed by atoms with Crippen molar-refractivity contribution in [2.75, 3.05) is 0 Å². The Morgan fingerprint density at radius 2 is 1.84 bits per heavy atom. The van der Waals surface area contributed by atoms with Gasteiger partial charge in [0.15, 0.2) is 0 Å². The van der Waals surface area contributed by atoms with Crippen molar-refractivity contribution in [1.29, 1.82) is 0 Å². The maximum Gasteiger partial charge on any atom is 0.329 e. The van der Waals surface area contributed by atoms with E-state index in [0.717, 1.165) is 17.1 Å². The number of hydrogen-bond acceptors (Lipinski definition) is 5. The van der Waals surface area contributed by atoms with Gasteiger partial charge in [-0.05, 0) is 36.2 Å². The van der Waals surface area contributed by atoms with Crippen molar-refractivity contribution in [3.05, 3.63) is 81.1 Å². The molecule has 0 aliphatic heterocycles. The van der Waals surface area contributed by atoms with Crippen LogP contribution in [-0.4, -0.2) is 18.9 Å². The largest absolute Gasteiger partial charge is 0.329 e. The maximum absolute atomic E-state index is 12.9. The van der Waals surface area contributed by atoms with E-state index in [1.54, 1.807) is 18.3 Å². The van der Waals surface area contributed by atoms with Crippen molar-refractivity contribution < 1.29 is 0 Å². The average molecular weight is 350 g/mol. The minimum Gasteiger partial charge on any atom is -0.304 e. The summed E-state index contributed by atoms with van der Waals surface area (Å²) in [5.74, 6) is 0. The van der Waals surface area contributed by atoms with E-state index in [4.69, 9.17) is 0 Å². The number of rotatable bonds is 3. The molecule has 124 valence electrons. The first-order valence-corrected chi connectivity index (χ1v) is 8.54. The normalized spacial score (nSPS) is 12.4. The van der Waals surface area contributed by atoms with Crippen LogP contribution in [-0.2, 0) is 0 Å². The molecule has 0 saturated heterocycles. The fourth-order valence-corrected chi connectivity index (χ4v) is 3.61. The van der Waals surface area contributed by atoms with E-state index in [0.29, 0.717) is 21.6 Å². The summed E-state index contributed by atoms with van der Waals surface area (Å²) in [4.78, 5) is 32.6. The highest BCUT2D eigenvalue weighted by Crippen LogP contribution is 2.25. The van der Waals surface area contributed by atoms with E-state index in [-0.39, 0.29) is 11.6 Å². The second kappa shape index (κ2) is 6.10. The second-order valence-electron chi connectivity index (χ2n) is 5.64. The Morgan fingerprint density at radius 1 is 1.08 bits per heavy atom. The van der Waals surface area contributed by atoms with E-state index in [9.17, 15) is 9.59 Å². The van der Waals surface area contributed by atoms with Gasteiger partial charge in [0.2, 0.25) is 0 Å². The van der Waals surface area contributed by atoms with Crippen LogP contribution in [0.15, 0.2) is 64.3 Å². The summed E-state index contributed by atoms with van der Waals surface area (Å²) in [6, 6.07) is 14.5. The molecular formula is C18H14N4O2S. The standard InChI is InChI=1S/C18H14N4O2S/c1-11(12-7-3-2-4-8-12)22-17(23)16-15(20-18(22)24)14(21-25-16)13-9-5-6-10-19-13/h2-11H,1H3,(H,20,24)/t11-/m1/s1. The SMILES string of the molecule is C[C@H](c1ccccc1)n1c(=O)[nH]c2c(-c3ccccn3)nsc2c1=O. The van der Waals surface area contributed by atoms with Gasteiger partial charge in [0.25, 0.3) is 5.56 Å². The van der Waals surface area contributed by atoms with Crippen LogP contribution in [0.2, 0.25) is 0 Å². The minimum absolute atomic E-state index is 0.338. The number of benzene rings is 1. The van der Waals surface area contributed by atoms with Gasteiger partial charge in [0.05, 0.1) is 17.3 Å². The van der Waals surface area contributed by atoms with E-state index < -0.39 is 5.69 Å². The van der Waals surface area contributed by atoms with Crippen LogP contribution in [0.1, 0.15) is 18.5 Å². The first-order chi connectivity index (χ1) is 12.2. The van der Waals surface area contributed by atoms with Crippen LogP contribution in [0.4, 0.5) is 0 Å². The van der Waals surface area contributed by atoms with Crippen molar-refractivity contribution in [2.24, 2.45) is 0 Å². The van der Waals surface area contributed by atoms with E-state index in [1.165, 1.54) is 4.57 Å². The lowest BCUT2D eigenvalue weighted by Gasteiger charge is -2.14. The Kier molecular flexibility index (Phi) is 3.77. The molecule has 0 unspecified atom stereocenters. The summed E-state index contributed by atoms with van der Waals surface area (Å²) in [5, 5.41) is 0. The third kappa shape index (κ3) is 2.58. The van der Waals surface area contributed by atoms with Gasteiger partial charge < -0.3 is 4.98 Å². The third-order valence-electron chi connectivity index (χ3n) is 4.13. The molecule has 0 fully saturated rings. The number of aromatic nitrogens is 4. The molecule has 3 aromatic heterocycles. The minimum atomic E-state index is -0.453. The van der Waals surface area contributed by atoms with Crippen LogP contribution < -0.4 is 11.2 Å². The van der Waals surface area contributed by atoms with Gasteiger partial charge >= 0.3 is 5.69 Å². The molecule has 3 heterocycles. The molecular weight excluding hydrogens is 336 g/mol. The van der Waals surface area contributed by atoms with Gasteiger partial charge in [0.1, 0.15) is 10.4 Å². The predicted molar refractivity (Wildman–Crippen MR) is 98.0 cm³/mol. The molecule has 1 aromatic carbocycles. The molecule has 4 aromatic rings. The lowest BCUT2D eigenvalue weighted by atomic mass is 10.1. The molecule has 0 amide bonds. The molecule has 1 N–H and O–H groups in total. The number of pyridine rings is 1. The molecule has 7 heteroatoms. The van der Waals surface area contributed by atoms with Crippen LogP contribution in [0.3, 0.4) is 0 Å². The first-order valence-electron chi connectivity index (χ1n) is 7.77. The van der Waals surface area contributed by atoms with Crippen molar-refractivity contribution in [3.8, 4) is 11.4 Å². The average Bonchev–Trinajstić information content (AvgIpc) is 3.07. The molecule has 0 aliphatic carbocycles. The van der Waals surface area contributed by atoms with Gasteiger partial charge in [0, 0.05) is 6.20 Å². The van der Waals surface area contributed by atoms with Gasteiger partial charge in [-0.1, -0.05) is 36.4 Å². The van der Waals surface area contributed by atoms with Gasteiger partial charge in [-0.25, -0.2) is 4.79 Å². The Labute approximate surface area is 146 Å². The number of hydrogen-bond donors (Lipinski definition) is 1. The van der Waals surface area contributed by atoms with E-state index in [2.05, 4.69) is 14.3 Å². The van der Waals surface area contributed by atoms with Crippen LogP contribution in [0.5, 0.6) is 0 Å². The lowest BCUT2D eigenvalue weighted by Crippen LogP contribution is -2.37. The monoisotopic (exact) mass is 350 g/mol. The molecule has 0 saturated carbocycles. The van der Waals surface area contributed by atoms with Gasteiger partial charge in [-0.15, -0.1) is 0 Å². The topological polar surface area (TPSA) is 80.6 Å². The summed E-state index contributed by atoms with van der Waals surface area (Å²) in [6.45, 7) is 1.83. The third-order valence-corrected chi connectivity index (χ3v) is 4.97. The molecule has 0 aliphatic rings. The highest BCUT2D eigenvalue weighted by Gasteiger charge is 2.19. The van der Waals surface area contributed by atoms with Crippen LogP contribution >= 0.6 is 11.5 Å².